The molecule has 1 rings (SSSR count). The molecule has 1 unspecified atom stereocenters. The zero-order chi connectivity index (χ0) is 15.0. The average Bonchev–Trinajstić information content (AvgIpc) is 2.46. The van der Waals surface area contributed by atoms with E-state index in [4.69, 9.17) is 16.3 Å². The molecular formula is C15H22ClNO3. The molecule has 0 aromatic heterocycles. The molecule has 0 radical (unpaired) electrons. The minimum atomic E-state index is -0.296. The highest BCUT2D eigenvalue weighted by Gasteiger charge is 2.09. The Morgan fingerprint density at radius 2 is 2.20 bits per heavy atom. The van der Waals surface area contributed by atoms with Crippen LogP contribution in [0, 0.1) is 0 Å². The van der Waals surface area contributed by atoms with Gasteiger partial charge in [-0.15, -0.1) is 0 Å². The number of nitrogens with one attached hydrogen (secondary N) is 1. The summed E-state index contributed by atoms with van der Waals surface area (Å²) in [4.78, 5) is 11.0. The third-order valence-corrected chi connectivity index (χ3v) is 3.24. The van der Waals surface area contributed by atoms with Crippen molar-refractivity contribution >= 4 is 17.6 Å². The van der Waals surface area contributed by atoms with Gasteiger partial charge in [-0.25, -0.2) is 0 Å². The number of rotatable bonds is 8. The van der Waals surface area contributed by atoms with Crippen LogP contribution in [-0.2, 0) is 9.53 Å². The summed E-state index contributed by atoms with van der Waals surface area (Å²) >= 11 is 6.19. The van der Waals surface area contributed by atoms with Crippen LogP contribution in [0.4, 0.5) is 0 Å². The number of esters is 1. The molecule has 112 valence electrons. The lowest BCUT2D eigenvalue weighted by Gasteiger charge is -2.15. The minimum Gasteiger partial charge on any atom is -0.491 e. The predicted octanol–water partition coefficient (Wildman–Crippen LogP) is 3.34. The molecule has 0 saturated carbocycles. The Labute approximate surface area is 125 Å². The molecule has 0 aliphatic heterocycles. The number of hydrogen-bond donors (Lipinski definition) is 1. The predicted molar refractivity (Wildman–Crippen MR) is 80.3 cm³/mol. The summed E-state index contributed by atoms with van der Waals surface area (Å²) in [6.45, 7) is 5.45. The standard InChI is InChI=1S/C15H22ClNO3/c1-4-8-17-11(2)12-5-6-14(13(16)10-12)20-9-7-15(18)19-3/h5-6,10-11,17H,4,7-9H2,1-3H3. The van der Waals surface area contributed by atoms with Gasteiger partial charge in [0.2, 0.25) is 0 Å². The maximum absolute atomic E-state index is 11.0. The largest absolute Gasteiger partial charge is 0.491 e. The van der Waals surface area contributed by atoms with Gasteiger partial charge in [0.05, 0.1) is 25.2 Å². The second-order valence-corrected chi connectivity index (χ2v) is 4.95. The monoisotopic (exact) mass is 299 g/mol. The molecule has 0 aliphatic rings. The maximum atomic E-state index is 11.0. The third kappa shape index (κ3) is 5.39. The second kappa shape index (κ2) is 8.82. The molecule has 4 nitrogen and oxygen atoms in total. The molecule has 20 heavy (non-hydrogen) atoms. The molecule has 0 aliphatic carbocycles. The second-order valence-electron chi connectivity index (χ2n) is 4.54. The molecule has 0 heterocycles. The Balaban J connectivity index is 2.56. The number of benzene rings is 1. The number of methoxy groups -OCH3 is 1. The van der Waals surface area contributed by atoms with Crippen molar-refractivity contribution in [2.24, 2.45) is 0 Å². The van der Waals surface area contributed by atoms with Crippen molar-refractivity contribution in [2.45, 2.75) is 32.7 Å². The summed E-state index contributed by atoms with van der Waals surface area (Å²) in [7, 11) is 1.36. The third-order valence-electron chi connectivity index (χ3n) is 2.95. The van der Waals surface area contributed by atoms with Gasteiger partial charge in [-0.2, -0.15) is 0 Å². The first-order chi connectivity index (χ1) is 9.58. The first-order valence-corrected chi connectivity index (χ1v) is 7.18. The SMILES string of the molecule is CCCNC(C)c1ccc(OCCC(=O)OC)c(Cl)c1. The van der Waals surface area contributed by atoms with Gasteiger partial charge in [0.15, 0.2) is 0 Å². The summed E-state index contributed by atoms with van der Waals surface area (Å²) in [6, 6.07) is 5.95. The van der Waals surface area contributed by atoms with Crippen molar-refractivity contribution in [3.63, 3.8) is 0 Å². The van der Waals surface area contributed by atoms with E-state index in [0.717, 1.165) is 18.5 Å². The van der Waals surface area contributed by atoms with E-state index in [-0.39, 0.29) is 25.0 Å². The average molecular weight is 300 g/mol. The lowest BCUT2D eigenvalue weighted by atomic mass is 10.1. The summed E-state index contributed by atoms with van der Waals surface area (Å²) in [5, 5.41) is 3.95. The van der Waals surface area contributed by atoms with Gasteiger partial charge in [-0.3, -0.25) is 4.79 Å². The van der Waals surface area contributed by atoms with Crippen LogP contribution in [0.5, 0.6) is 5.75 Å². The lowest BCUT2D eigenvalue weighted by molar-refractivity contribution is -0.141. The van der Waals surface area contributed by atoms with Gasteiger partial charge < -0.3 is 14.8 Å². The zero-order valence-electron chi connectivity index (χ0n) is 12.2. The van der Waals surface area contributed by atoms with Crippen molar-refractivity contribution < 1.29 is 14.3 Å². The van der Waals surface area contributed by atoms with Gasteiger partial charge in [0.25, 0.3) is 0 Å². The van der Waals surface area contributed by atoms with Crippen LogP contribution in [0.25, 0.3) is 0 Å². The molecule has 1 N–H and O–H groups in total. The van der Waals surface area contributed by atoms with Crippen LogP contribution >= 0.6 is 11.6 Å². The summed E-state index contributed by atoms with van der Waals surface area (Å²) in [5.74, 6) is 0.289. The van der Waals surface area contributed by atoms with Crippen LogP contribution in [0.2, 0.25) is 5.02 Å². The molecule has 0 fully saturated rings. The van der Waals surface area contributed by atoms with E-state index in [0.29, 0.717) is 10.8 Å². The first kappa shape index (κ1) is 16.8. The van der Waals surface area contributed by atoms with Crippen LogP contribution in [0.3, 0.4) is 0 Å². The summed E-state index contributed by atoms with van der Waals surface area (Å²) in [6.07, 6.45) is 1.30. The molecule has 1 aromatic rings. The van der Waals surface area contributed by atoms with E-state index in [1.54, 1.807) is 0 Å². The fraction of sp³-hybridized carbons (Fsp3) is 0.533. The fourth-order valence-corrected chi connectivity index (χ4v) is 1.97. The number of carbonyl (C=O) groups excluding carboxylic acids is 1. The first-order valence-electron chi connectivity index (χ1n) is 6.81. The highest BCUT2D eigenvalue weighted by molar-refractivity contribution is 6.32. The Hall–Kier alpha value is -1.26. The van der Waals surface area contributed by atoms with Crippen molar-refractivity contribution in [3.05, 3.63) is 28.8 Å². The molecule has 0 amide bonds. The number of hydrogen-bond acceptors (Lipinski definition) is 4. The van der Waals surface area contributed by atoms with E-state index in [2.05, 4.69) is 23.9 Å². The quantitative estimate of drug-likeness (QED) is 0.748. The van der Waals surface area contributed by atoms with Crippen LogP contribution in [0.15, 0.2) is 18.2 Å². The van der Waals surface area contributed by atoms with Crippen LogP contribution in [0.1, 0.15) is 38.3 Å². The molecule has 1 aromatic carbocycles. The van der Waals surface area contributed by atoms with Gasteiger partial charge in [-0.05, 0) is 37.6 Å². The van der Waals surface area contributed by atoms with Crippen LogP contribution < -0.4 is 10.1 Å². The van der Waals surface area contributed by atoms with Crippen molar-refractivity contribution in [2.75, 3.05) is 20.3 Å². The Kier molecular flexibility index (Phi) is 7.41. The van der Waals surface area contributed by atoms with Crippen molar-refractivity contribution in [3.8, 4) is 5.75 Å². The van der Waals surface area contributed by atoms with Crippen LogP contribution in [-0.4, -0.2) is 26.2 Å². The normalized spacial score (nSPS) is 12.0. The van der Waals surface area contributed by atoms with Gasteiger partial charge in [-0.1, -0.05) is 24.6 Å². The highest BCUT2D eigenvalue weighted by Crippen LogP contribution is 2.28. The molecular weight excluding hydrogens is 278 g/mol. The summed E-state index contributed by atoms with van der Waals surface area (Å²) < 4.78 is 10.0. The van der Waals surface area contributed by atoms with Gasteiger partial charge in [0, 0.05) is 6.04 Å². The van der Waals surface area contributed by atoms with E-state index in [9.17, 15) is 4.79 Å². The highest BCUT2D eigenvalue weighted by atomic mass is 35.5. The number of halogens is 1. The molecule has 5 heteroatoms. The topological polar surface area (TPSA) is 47.6 Å². The Morgan fingerprint density at radius 3 is 2.80 bits per heavy atom. The van der Waals surface area contributed by atoms with E-state index in [1.807, 2.05) is 18.2 Å². The minimum absolute atomic E-state index is 0.211. The molecule has 0 bridgehead atoms. The lowest BCUT2D eigenvalue weighted by Crippen LogP contribution is -2.19. The number of ether oxygens (including phenoxy) is 2. The zero-order valence-corrected chi connectivity index (χ0v) is 13.0. The molecule has 1 atom stereocenters. The Bertz CT molecular complexity index is 437. The number of carbonyl (C=O) groups is 1. The van der Waals surface area contributed by atoms with Gasteiger partial charge in [0.1, 0.15) is 5.75 Å². The fourth-order valence-electron chi connectivity index (χ4n) is 1.73. The smallest absolute Gasteiger partial charge is 0.308 e. The summed E-state index contributed by atoms with van der Waals surface area (Å²) in [5.41, 5.74) is 1.11. The van der Waals surface area contributed by atoms with E-state index in [1.165, 1.54) is 7.11 Å². The van der Waals surface area contributed by atoms with Crippen molar-refractivity contribution in [1.82, 2.24) is 5.32 Å². The maximum Gasteiger partial charge on any atom is 0.308 e. The Morgan fingerprint density at radius 1 is 1.45 bits per heavy atom. The van der Waals surface area contributed by atoms with Gasteiger partial charge >= 0.3 is 5.97 Å². The van der Waals surface area contributed by atoms with Crippen molar-refractivity contribution in [1.29, 1.82) is 0 Å². The van der Waals surface area contributed by atoms with E-state index >= 15 is 0 Å². The van der Waals surface area contributed by atoms with E-state index < -0.39 is 0 Å². The molecule has 0 saturated heterocycles. The molecule has 0 spiro atoms.